The number of hydrogen-bond acceptors (Lipinski definition) is 2. The second-order valence-corrected chi connectivity index (χ2v) is 3.00. The summed E-state index contributed by atoms with van der Waals surface area (Å²) in [6.45, 7) is 0. The van der Waals surface area contributed by atoms with Crippen LogP contribution in [0.4, 0.5) is 0 Å². The second-order valence-electron chi connectivity index (χ2n) is 3.00. The maximum Gasteiger partial charge on any atom is 0.159 e. The Bertz CT molecular complexity index is 327. The van der Waals surface area contributed by atoms with E-state index in [1.807, 2.05) is 30.3 Å². The van der Waals surface area contributed by atoms with Crippen molar-refractivity contribution >= 4 is 5.78 Å². The summed E-state index contributed by atoms with van der Waals surface area (Å²) in [6.07, 6.45) is 3.77. The van der Waals surface area contributed by atoms with E-state index in [9.17, 15) is 4.79 Å². The number of hydrogen-bond donors (Lipinski definition) is 0. The number of rotatable bonds is 2. The lowest BCUT2D eigenvalue weighted by Crippen LogP contribution is -2.11. The van der Waals surface area contributed by atoms with Crippen molar-refractivity contribution in [3.05, 3.63) is 42.5 Å². The predicted molar refractivity (Wildman–Crippen MR) is 49.6 cm³/mol. The van der Waals surface area contributed by atoms with Crippen molar-refractivity contribution in [2.75, 3.05) is 0 Å². The molecule has 1 aliphatic rings. The minimum absolute atomic E-state index is 0.0742. The Hall–Kier alpha value is -1.57. The Balaban J connectivity index is 2.00. The summed E-state index contributed by atoms with van der Waals surface area (Å²) in [5.41, 5.74) is 0. The van der Waals surface area contributed by atoms with E-state index in [4.69, 9.17) is 4.74 Å². The van der Waals surface area contributed by atoms with Crippen molar-refractivity contribution in [1.29, 1.82) is 0 Å². The first-order valence-electron chi connectivity index (χ1n) is 4.27. The molecular weight excluding hydrogens is 164 g/mol. The van der Waals surface area contributed by atoms with Gasteiger partial charge in [0.2, 0.25) is 0 Å². The molecule has 0 saturated carbocycles. The van der Waals surface area contributed by atoms with Crippen LogP contribution in [-0.2, 0) is 4.79 Å². The zero-order valence-corrected chi connectivity index (χ0v) is 7.14. The van der Waals surface area contributed by atoms with Crippen LogP contribution in [0.2, 0.25) is 0 Å². The van der Waals surface area contributed by atoms with Crippen LogP contribution in [0.15, 0.2) is 42.5 Å². The number of para-hydroxylation sites is 1. The van der Waals surface area contributed by atoms with Gasteiger partial charge in [-0.15, -0.1) is 0 Å². The highest BCUT2D eigenvalue weighted by Crippen LogP contribution is 2.16. The van der Waals surface area contributed by atoms with Crippen LogP contribution >= 0.6 is 0 Å². The minimum Gasteiger partial charge on any atom is -0.486 e. The summed E-state index contributed by atoms with van der Waals surface area (Å²) < 4.78 is 5.54. The molecule has 0 N–H and O–H groups in total. The van der Waals surface area contributed by atoms with E-state index in [0.29, 0.717) is 6.42 Å². The molecule has 1 aromatic carbocycles. The highest BCUT2D eigenvalue weighted by atomic mass is 16.5. The molecule has 0 spiro atoms. The van der Waals surface area contributed by atoms with Crippen molar-refractivity contribution in [2.24, 2.45) is 0 Å². The first-order chi connectivity index (χ1) is 6.34. The quantitative estimate of drug-likeness (QED) is 0.685. The van der Waals surface area contributed by atoms with Crippen molar-refractivity contribution in [1.82, 2.24) is 0 Å². The van der Waals surface area contributed by atoms with E-state index in [-0.39, 0.29) is 11.9 Å². The molecule has 0 aliphatic heterocycles. The first kappa shape index (κ1) is 8.05. The zero-order chi connectivity index (χ0) is 9.10. The van der Waals surface area contributed by atoms with Crippen LogP contribution in [0.5, 0.6) is 5.75 Å². The van der Waals surface area contributed by atoms with Gasteiger partial charge in [-0.25, -0.2) is 0 Å². The summed E-state index contributed by atoms with van der Waals surface area (Å²) in [6, 6.07) is 9.53. The predicted octanol–water partition coefficient (Wildman–Crippen LogP) is 1.96. The molecule has 13 heavy (non-hydrogen) atoms. The van der Waals surface area contributed by atoms with Crippen LogP contribution in [0, 0.1) is 0 Å². The first-order valence-corrected chi connectivity index (χ1v) is 4.27. The average molecular weight is 174 g/mol. The highest BCUT2D eigenvalue weighted by Gasteiger charge is 2.16. The number of benzene rings is 1. The number of allylic oxidation sites excluding steroid dienone is 1. The fraction of sp³-hybridized carbons (Fsp3) is 0.182. The van der Waals surface area contributed by atoms with Crippen LogP contribution in [-0.4, -0.2) is 11.9 Å². The summed E-state index contributed by atoms with van der Waals surface area (Å²) in [4.78, 5) is 10.9. The van der Waals surface area contributed by atoms with Gasteiger partial charge in [-0.3, -0.25) is 4.79 Å². The molecular formula is C11H10O2. The molecule has 0 heterocycles. The van der Waals surface area contributed by atoms with Crippen molar-refractivity contribution in [2.45, 2.75) is 12.5 Å². The molecule has 2 rings (SSSR count). The standard InChI is InChI=1S/C11H10O2/c12-9-6-7-11(8-9)13-10-4-2-1-3-5-10/h1-7,11H,8H2/t11-/m1/s1. The third-order valence-electron chi connectivity index (χ3n) is 1.93. The normalized spacial score (nSPS) is 20.6. The van der Waals surface area contributed by atoms with Gasteiger partial charge >= 0.3 is 0 Å². The Morgan fingerprint density at radius 2 is 2.00 bits per heavy atom. The lowest BCUT2D eigenvalue weighted by atomic mass is 10.3. The average Bonchev–Trinajstić information content (AvgIpc) is 2.53. The number of ketones is 1. The summed E-state index contributed by atoms with van der Waals surface area (Å²) in [7, 11) is 0. The monoisotopic (exact) mass is 174 g/mol. The molecule has 2 heteroatoms. The third kappa shape index (κ3) is 1.96. The molecule has 0 fully saturated rings. The summed E-state index contributed by atoms with van der Waals surface area (Å²) in [5.74, 6) is 0.952. The van der Waals surface area contributed by atoms with Crippen molar-refractivity contribution in [3.8, 4) is 5.75 Å². The van der Waals surface area contributed by atoms with Gasteiger partial charge in [0.25, 0.3) is 0 Å². The lowest BCUT2D eigenvalue weighted by Gasteiger charge is -2.10. The topological polar surface area (TPSA) is 26.3 Å². The van der Waals surface area contributed by atoms with Gasteiger partial charge in [0.05, 0.1) is 6.42 Å². The number of carbonyl (C=O) groups excluding carboxylic acids is 1. The fourth-order valence-electron chi connectivity index (χ4n) is 1.30. The molecule has 0 saturated heterocycles. The van der Waals surface area contributed by atoms with E-state index in [0.717, 1.165) is 5.75 Å². The van der Waals surface area contributed by atoms with Gasteiger partial charge in [-0.05, 0) is 24.3 Å². The maximum atomic E-state index is 10.9. The van der Waals surface area contributed by atoms with Gasteiger partial charge in [-0.1, -0.05) is 18.2 Å². The molecule has 1 atom stereocenters. The SMILES string of the molecule is O=C1C=C[C@@H](Oc2ccccc2)C1. The second kappa shape index (κ2) is 3.44. The molecule has 1 aromatic rings. The molecule has 0 bridgehead atoms. The molecule has 0 amide bonds. The molecule has 66 valence electrons. The van der Waals surface area contributed by atoms with Gasteiger partial charge in [0.1, 0.15) is 11.9 Å². The van der Waals surface area contributed by atoms with Crippen LogP contribution in [0.1, 0.15) is 6.42 Å². The van der Waals surface area contributed by atoms with E-state index in [1.54, 1.807) is 12.2 Å². The summed E-state index contributed by atoms with van der Waals surface area (Å²) in [5, 5.41) is 0. The summed E-state index contributed by atoms with van der Waals surface area (Å²) >= 11 is 0. The number of carbonyl (C=O) groups is 1. The lowest BCUT2D eigenvalue weighted by molar-refractivity contribution is -0.114. The minimum atomic E-state index is -0.0742. The van der Waals surface area contributed by atoms with Crippen molar-refractivity contribution < 1.29 is 9.53 Å². The largest absolute Gasteiger partial charge is 0.486 e. The van der Waals surface area contributed by atoms with Gasteiger partial charge in [0, 0.05) is 0 Å². The zero-order valence-electron chi connectivity index (χ0n) is 7.14. The number of ether oxygens (including phenoxy) is 1. The Morgan fingerprint density at radius 3 is 2.62 bits per heavy atom. The smallest absolute Gasteiger partial charge is 0.159 e. The fourth-order valence-corrected chi connectivity index (χ4v) is 1.30. The molecule has 0 radical (unpaired) electrons. The van der Waals surface area contributed by atoms with E-state index in [2.05, 4.69) is 0 Å². The molecule has 1 aliphatic carbocycles. The van der Waals surface area contributed by atoms with E-state index in [1.165, 1.54) is 0 Å². The van der Waals surface area contributed by atoms with E-state index < -0.39 is 0 Å². The molecule has 0 aromatic heterocycles. The van der Waals surface area contributed by atoms with Gasteiger partial charge in [0.15, 0.2) is 5.78 Å². The molecule has 2 nitrogen and oxygen atoms in total. The Morgan fingerprint density at radius 1 is 1.23 bits per heavy atom. The van der Waals surface area contributed by atoms with Gasteiger partial charge in [-0.2, -0.15) is 0 Å². The third-order valence-corrected chi connectivity index (χ3v) is 1.93. The highest BCUT2D eigenvalue weighted by molar-refractivity contribution is 5.92. The molecule has 0 unspecified atom stereocenters. The van der Waals surface area contributed by atoms with E-state index >= 15 is 0 Å². The van der Waals surface area contributed by atoms with Crippen LogP contribution in [0.3, 0.4) is 0 Å². The van der Waals surface area contributed by atoms with Crippen molar-refractivity contribution in [3.63, 3.8) is 0 Å². The van der Waals surface area contributed by atoms with Crippen LogP contribution in [0.25, 0.3) is 0 Å². The Labute approximate surface area is 76.8 Å². The van der Waals surface area contributed by atoms with Crippen LogP contribution < -0.4 is 4.74 Å². The van der Waals surface area contributed by atoms with Gasteiger partial charge < -0.3 is 4.74 Å². The Kier molecular flexibility index (Phi) is 2.13. The maximum absolute atomic E-state index is 10.9.